The number of alkyl halides is 2. The van der Waals surface area contributed by atoms with Crippen molar-refractivity contribution in [1.29, 1.82) is 5.26 Å². The molecule has 0 heterocycles. The van der Waals surface area contributed by atoms with E-state index in [1.165, 1.54) is 0 Å². The summed E-state index contributed by atoms with van der Waals surface area (Å²) >= 11 is 0. The molecule has 0 spiro atoms. The fourth-order valence-electron chi connectivity index (χ4n) is 2.05. The molecule has 0 saturated heterocycles. The minimum atomic E-state index is -2.56. The van der Waals surface area contributed by atoms with E-state index < -0.39 is 11.8 Å². The lowest BCUT2D eigenvalue weighted by molar-refractivity contribution is -0.0555. The van der Waals surface area contributed by atoms with Crippen LogP contribution < -0.4 is 0 Å². The maximum atomic E-state index is 13.0. The average molecular weight is 203 g/mol. The smallest absolute Gasteiger partial charge is 0.248 e. The first kappa shape index (κ1) is 11.4. The van der Waals surface area contributed by atoms with Crippen molar-refractivity contribution < 1.29 is 13.9 Å². The second-order valence-electron chi connectivity index (χ2n) is 4.06. The van der Waals surface area contributed by atoms with Gasteiger partial charge in [0.1, 0.15) is 0 Å². The molecule has 4 heteroatoms. The largest absolute Gasteiger partial charge is 0.395 e. The van der Waals surface area contributed by atoms with Crippen molar-refractivity contribution in [3.63, 3.8) is 0 Å². The zero-order chi connectivity index (χ0) is 10.6. The van der Waals surface area contributed by atoms with Crippen molar-refractivity contribution in [3.05, 3.63) is 0 Å². The second kappa shape index (κ2) is 4.70. The Morgan fingerprint density at radius 1 is 1.57 bits per heavy atom. The van der Waals surface area contributed by atoms with Crippen LogP contribution in [0.3, 0.4) is 0 Å². The average Bonchev–Trinajstić information content (AvgIpc) is 2.12. The number of hydrogen-bond acceptors (Lipinski definition) is 2. The van der Waals surface area contributed by atoms with Gasteiger partial charge in [-0.15, -0.1) is 0 Å². The Labute approximate surface area is 82.5 Å². The molecule has 1 aliphatic rings. The van der Waals surface area contributed by atoms with E-state index in [2.05, 4.69) is 0 Å². The molecule has 0 aromatic heterocycles. The first-order chi connectivity index (χ1) is 6.57. The Hall–Kier alpha value is -0.690. The SMILES string of the molecule is N#CC(CO)CC1CCCC(F)(F)C1. The first-order valence-electron chi connectivity index (χ1n) is 4.95. The summed E-state index contributed by atoms with van der Waals surface area (Å²) in [6, 6.07) is 1.93. The lowest BCUT2D eigenvalue weighted by atomic mass is 9.81. The summed E-state index contributed by atoms with van der Waals surface area (Å²) in [5, 5.41) is 17.4. The molecule has 0 aliphatic heterocycles. The first-order valence-corrected chi connectivity index (χ1v) is 4.95. The topological polar surface area (TPSA) is 44.0 Å². The van der Waals surface area contributed by atoms with Gasteiger partial charge in [0.15, 0.2) is 0 Å². The van der Waals surface area contributed by atoms with Crippen LogP contribution in [0.2, 0.25) is 0 Å². The number of hydrogen-bond donors (Lipinski definition) is 1. The zero-order valence-electron chi connectivity index (χ0n) is 8.05. The maximum absolute atomic E-state index is 13.0. The van der Waals surface area contributed by atoms with Gasteiger partial charge in [0.25, 0.3) is 0 Å². The molecule has 0 bridgehead atoms. The Kier molecular flexibility index (Phi) is 3.82. The molecule has 2 atom stereocenters. The number of halogens is 2. The molecule has 1 fully saturated rings. The Balaban J connectivity index is 2.42. The van der Waals surface area contributed by atoms with Crippen molar-refractivity contribution in [2.75, 3.05) is 6.61 Å². The third-order valence-electron chi connectivity index (χ3n) is 2.76. The Morgan fingerprint density at radius 2 is 2.29 bits per heavy atom. The molecular formula is C10H15F2NO. The highest BCUT2D eigenvalue weighted by molar-refractivity contribution is 4.87. The van der Waals surface area contributed by atoms with Crippen LogP contribution in [-0.2, 0) is 0 Å². The molecule has 80 valence electrons. The van der Waals surface area contributed by atoms with Gasteiger partial charge in [0.05, 0.1) is 18.6 Å². The molecule has 1 N–H and O–H groups in total. The molecule has 1 saturated carbocycles. The monoisotopic (exact) mass is 203 g/mol. The molecule has 2 unspecified atom stereocenters. The lowest BCUT2D eigenvalue weighted by Gasteiger charge is -2.29. The van der Waals surface area contributed by atoms with Gasteiger partial charge < -0.3 is 5.11 Å². The van der Waals surface area contributed by atoms with Crippen LogP contribution in [0.1, 0.15) is 32.1 Å². The normalized spacial score (nSPS) is 28.0. The Bertz CT molecular complexity index is 225. The zero-order valence-corrected chi connectivity index (χ0v) is 8.05. The standard InChI is InChI=1S/C10H15F2NO/c11-10(12)3-1-2-8(5-10)4-9(6-13)7-14/h8-9,14H,1-5,7H2. The molecule has 1 rings (SSSR count). The molecule has 0 radical (unpaired) electrons. The highest BCUT2D eigenvalue weighted by Crippen LogP contribution is 2.39. The van der Waals surface area contributed by atoms with Crippen LogP contribution in [0, 0.1) is 23.2 Å². The van der Waals surface area contributed by atoms with Gasteiger partial charge in [-0.05, 0) is 25.2 Å². The number of nitrogens with zero attached hydrogens (tertiary/aromatic N) is 1. The van der Waals surface area contributed by atoms with Crippen molar-refractivity contribution in [2.45, 2.75) is 38.0 Å². The van der Waals surface area contributed by atoms with Gasteiger partial charge in [-0.3, -0.25) is 0 Å². The molecule has 0 aromatic carbocycles. The minimum Gasteiger partial charge on any atom is -0.395 e. The molecule has 1 aliphatic carbocycles. The summed E-state index contributed by atoms with van der Waals surface area (Å²) < 4.78 is 25.9. The van der Waals surface area contributed by atoms with Crippen molar-refractivity contribution >= 4 is 0 Å². The highest BCUT2D eigenvalue weighted by atomic mass is 19.3. The molecule has 2 nitrogen and oxygen atoms in total. The van der Waals surface area contributed by atoms with Crippen molar-refractivity contribution in [3.8, 4) is 6.07 Å². The van der Waals surface area contributed by atoms with Crippen LogP contribution in [-0.4, -0.2) is 17.6 Å². The van der Waals surface area contributed by atoms with Crippen molar-refractivity contribution in [1.82, 2.24) is 0 Å². The van der Waals surface area contributed by atoms with Crippen molar-refractivity contribution in [2.24, 2.45) is 11.8 Å². The number of aliphatic hydroxyl groups is 1. The van der Waals surface area contributed by atoms with E-state index in [9.17, 15) is 8.78 Å². The molecular weight excluding hydrogens is 188 g/mol. The fourth-order valence-corrected chi connectivity index (χ4v) is 2.05. The quantitative estimate of drug-likeness (QED) is 0.765. The summed E-state index contributed by atoms with van der Waals surface area (Å²) in [4.78, 5) is 0. The predicted octanol–water partition coefficient (Wildman–Crippen LogP) is 2.33. The van der Waals surface area contributed by atoms with Gasteiger partial charge >= 0.3 is 0 Å². The number of rotatable bonds is 3. The van der Waals surface area contributed by atoms with E-state index >= 15 is 0 Å². The van der Waals surface area contributed by atoms with E-state index in [0.29, 0.717) is 12.8 Å². The van der Waals surface area contributed by atoms with Gasteiger partial charge in [-0.25, -0.2) is 8.78 Å². The van der Waals surface area contributed by atoms with Gasteiger partial charge in [-0.1, -0.05) is 0 Å². The lowest BCUT2D eigenvalue weighted by Crippen LogP contribution is -2.27. The van der Waals surface area contributed by atoms with Gasteiger partial charge in [-0.2, -0.15) is 5.26 Å². The Morgan fingerprint density at radius 3 is 2.79 bits per heavy atom. The van der Waals surface area contributed by atoms with Crippen LogP contribution in [0.15, 0.2) is 0 Å². The van der Waals surface area contributed by atoms with E-state index in [4.69, 9.17) is 10.4 Å². The summed E-state index contributed by atoms with van der Waals surface area (Å²) in [5.41, 5.74) is 0. The summed E-state index contributed by atoms with van der Waals surface area (Å²) in [7, 11) is 0. The fraction of sp³-hybridized carbons (Fsp3) is 0.900. The minimum absolute atomic E-state index is 0.0279. The molecule has 0 amide bonds. The number of aliphatic hydroxyl groups excluding tert-OH is 1. The van der Waals surface area contributed by atoms with Crippen LogP contribution >= 0.6 is 0 Å². The summed E-state index contributed by atoms with van der Waals surface area (Å²) in [5.74, 6) is -3.14. The second-order valence-corrected chi connectivity index (χ2v) is 4.06. The molecule has 0 aromatic rings. The summed E-state index contributed by atoms with van der Waals surface area (Å²) in [6.07, 6.45) is 1.54. The maximum Gasteiger partial charge on any atom is 0.248 e. The van der Waals surface area contributed by atoms with E-state index in [1.54, 1.807) is 0 Å². The van der Waals surface area contributed by atoms with Gasteiger partial charge in [0, 0.05) is 12.8 Å². The van der Waals surface area contributed by atoms with E-state index in [-0.39, 0.29) is 25.4 Å². The predicted molar refractivity (Wildman–Crippen MR) is 47.7 cm³/mol. The van der Waals surface area contributed by atoms with E-state index in [1.807, 2.05) is 6.07 Å². The summed E-state index contributed by atoms with van der Waals surface area (Å²) in [6.45, 7) is -0.224. The van der Waals surface area contributed by atoms with Crippen LogP contribution in [0.25, 0.3) is 0 Å². The number of nitriles is 1. The van der Waals surface area contributed by atoms with Gasteiger partial charge in [0.2, 0.25) is 5.92 Å². The van der Waals surface area contributed by atoms with Crippen LogP contribution in [0.5, 0.6) is 0 Å². The third kappa shape index (κ3) is 3.22. The molecule has 14 heavy (non-hydrogen) atoms. The third-order valence-corrected chi connectivity index (χ3v) is 2.76. The van der Waals surface area contributed by atoms with Crippen LogP contribution in [0.4, 0.5) is 8.78 Å². The highest BCUT2D eigenvalue weighted by Gasteiger charge is 2.36. The van der Waals surface area contributed by atoms with E-state index in [0.717, 1.165) is 6.42 Å².